The zero-order chi connectivity index (χ0) is 9.78. The molecule has 1 atom stereocenters. The van der Waals surface area contributed by atoms with E-state index in [2.05, 4.69) is 29.8 Å². The number of ether oxygens (including phenoxy) is 1. The monoisotopic (exact) mass is 236 g/mol. The van der Waals surface area contributed by atoms with Gasteiger partial charge >= 0.3 is 5.97 Å². The molecule has 0 heterocycles. The van der Waals surface area contributed by atoms with E-state index in [1.165, 1.54) is 0 Å². The van der Waals surface area contributed by atoms with E-state index < -0.39 is 4.32 Å². The van der Waals surface area contributed by atoms with E-state index in [1.54, 1.807) is 13.8 Å². The van der Waals surface area contributed by atoms with Gasteiger partial charge in [-0.15, -0.1) is 0 Å². The number of halogens is 1. The largest absolute Gasteiger partial charge is 0.464 e. The third-order valence-electron chi connectivity index (χ3n) is 1.68. The molecule has 3 heteroatoms. The van der Waals surface area contributed by atoms with Gasteiger partial charge in [0.1, 0.15) is 4.32 Å². The van der Waals surface area contributed by atoms with E-state index in [1.807, 2.05) is 0 Å². The predicted molar refractivity (Wildman–Crippen MR) is 53.4 cm³/mol. The smallest absolute Gasteiger partial charge is 0.322 e. The van der Waals surface area contributed by atoms with Gasteiger partial charge in [-0.05, 0) is 19.8 Å². The molecule has 0 saturated heterocycles. The lowest BCUT2D eigenvalue weighted by Crippen LogP contribution is -2.28. The fourth-order valence-corrected chi connectivity index (χ4v) is 0.622. The molecule has 0 N–H and O–H groups in total. The van der Waals surface area contributed by atoms with Crippen molar-refractivity contribution in [3.63, 3.8) is 0 Å². The molecule has 12 heavy (non-hydrogen) atoms. The lowest BCUT2D eigenvalue weighted by atomic mass is 10.1. The number of alkyl halides is 1. The van der Waals surface area contributed by atoms with Crippen LogP contribution < -0.4 is 0 Å². The molecule has 0 bridgehead atoms. The first kappa shape index (κ1) is 11.9. The Kier molecular flexibility index (Phi) is 4.83. The predicted octanol–water partition coefficient (Wildman–Crippen LogP) is 2.75. The van der Waals surface area contributed by atoms with Crippen LogP contribution >= 0.6 is 15.9 Å². The van der Waals surface area contributed by atoms with E-state index in [9.17, 15) is 4.79 Å². The van der Waals surface area contributed by atoms with Crippen LogP contribution in [0.25, 0.3) is 0 Å². The van der Waals surface area contributed by atoms with Crippen molar-refractivity contribution in [1.82, 2.24) is 0 Å². The first-order chi connectivity index (χ1) is 5.38. The summed E-state index contributed by atoms with van der Waals surface area (Å²) in [6.45, 7) is 8.23. The highest BCUT2D eigenvalue weighted by atomic mass is 79.9. The van der Waals surface area contributed by atoms with Crippen molar-refractivity contribution in [1.29, 1.82) is 0 Å². The SMILES string of the molecule is CCC(C)COC(=O)C(C)(C)Br. The Bertz CT molecular complexity index is 149. The maximum atomic E-state index is 11.2. The van der Waals surface area contributed by atoms with Gasteiger partial charge in [0.25, 0.3) is 0 Å². The normalized spacial score (nSPS) is 14.1. The van der Waals surface area contributed by atoms with Crippen LogP contribution in [0.3, 0.4) is 0 Å². The molecule has 0 saturated carbocycles. The van der Waals surface area contributed by atoms with Crippen LogP contribution in [0.2, 0.25) is 0 Å². The molecule has 0 fully saturated rings. The Balaban J connectivity index is 3.73. The van der Waals surface area contributed by atoms with Crippen LogP contribution in [-0.4, -0.2) is 16.9 Å². The van der Waals surface area contributed by atoms with Gasteiger partial charge in [-0.25, -0.2) is 0 Å². The summed E-state index contributed by atoms with van der Waals surface area (Å²) in [5, 5.41) is 0. The number of rotatable bonds is 4. The zero-order valence-electron chi connectivity index (χ0n) is 8.19. The summed E-state index contributed by atoms with van der Waals surface area (Å²) in [6, 6.07) is 0. The molecular formula is C9H17BrO2. The van der Waals surface area contributed by atoms with Crippen molar-refractivity contribution >= 4 is 21.9 Å². The summed E-state index contributed by atoms with van der Waals surface area (Å²) in [7, 11) is 0. The van der Waals surface area contributed by atoms with E-state index in [4.69, 9.17) is 4.74 Å². The molecule has 2 nitrogen and oxygen atoms in total. The number of carbonyl (C=O) groups is 1. The molecule has 0 aromatic carbocycles. The lowest BCUT2D eigenvalue weighted by molar-refractivity contribution is -0.146. The summed E-state index contributed by atoms with van der Waals surface area (Å²) in [6.07, 6.45) is 1.04. The van der Waals surface area contributed by atoms with E-state index in [0.29, 0.717) is 12.5 Å². The first-order valence-corrected chi connectivity index (χ1v) is 5.03. The van der Waals surface area contributed by atoms with E-state index in [-0.39, 0.29) is 5.97 Å². The zero-order valence-corrected chi connectivity index (χ0v) is 9.77. The molecule has 0 rings (SSSR count). The molecule has 0 aliphatic rings. The van der Waals surface area contributed by atoms with E-state index in [0.717, 1.165) is 6.42 Å². The second kappa shape index (κ2) is 4.85. The molecule has 0 aliphatic heterocycles. The minimum absolute atomic E-state index is 0.192. The molecule has 0 radical (unpaired) electrons. The Hall–Kier alpha value is -0.0500. The minimum atomic E-state index is -0.555. The first-order valence-electron chi connectivity index (χ1n) is 4.24. The van der Waals surface area contributed by atoms with Crippen LogP contribution in [0.15, 0.2) is 0 Å². The summed E-state index contributed by atoms with van der Waals surface area (Å²) < 4.78 is 4.52. The number of esters is 1. The highest BCUT2D eigenvalue weighted by molar-refractivity contribution is 9.10. The van der Waals surface area contributed by atoms with Gasteiger partial charge in [0, 0.05) is 0 Å². The molecule has 72 valence electrons. The number of carbonyl (C=O) groups excluding carboxylic acids is 1. The lowest BCUT2D eigenvalue weighted by Gasteiger charge is -2.16. The molecule has 0 amide bonds. The van der Waals surface area contributed by atoms with Gasteiger partial charge in [0.2, 0.25) is 0 Å². The maximum absolute atomic E-state index is 11.2. The maximum Gasteiger partial charge on any atom is 0.322 e. The van der Waals surface area contributed by atoms with E-state index >= 15 is 0 Å². The third kappa shape index (κ3) is 4.75. The van der Waals surface area contributed by atoms with Crippen LogP contribution in [0.4, 0.5) is 0 Å². The number of hydrogen-bond acceptors (Lipinski definition) is 2. The van der Waals surface area contributed by atoms with Crippen LogP contribution in [0.1, 0.15) is 34.1 Å². The fraction of sp³-hybridized carbons (Fsp3) is 0.889. The number of hydrogen-bond donors (Lipinski definition) is 0. The second-order valence-corrected chi connectivity index (χ2v) is 5.57. The average molecular weight is 237 g/mol. The fourth-order valence-electron chi connectivity index (χ4n) is 0.507. The molecule has 0 aliphatic carbocycles. The summed E-state index contributed by atoms with van der Waals surface area (Å²) >= 11 is 3.24. The quantitative estimate of drug-likeness (QED) is 0.555. The van der Waals surface area contributed by atoms with Crippen molar-refractivity contribution in [2.45, 2.75) is 38.4 Å². The van der Waals surface area contributed by atoms with Gasteiger partial charge in [-0.1, -0.05) is 36.2 Å². The van der Waals surface area contributed by atoms with Gasteiger partial charge in [0.05, 0.1) is 6.61 Å². The molecule has 0 spiro atoms. The highest BCUT2D eigenvalue weighted by Gasteiger charge is 2.25. The minimum Gasteiger partial charge on any atom is -0.464 e. The highest BCUT2D eigenvalue weighted by Crippen LogP contribution is 2.18. The summed E-state index contributed by atoms with van der Waals surface area (Å²) in [5.41, 5.74) is 0. The Morgan fingerprint density at radius 2 is 2.08 bits per heavy atom. The Morgan fingerprint density at radius 1 is 1.58 bits per heavy atom. The average Bonchev–Trinajstić information content (AvgIpc) is 1.97. The van der Waals surface area contributed by atoms with Gasteiger partial charge in [-0.2, -0.15) is 0 Å². The van der Waals surface area contributed by atoms with Crippen molar-refractivity contribution in [2.24, 2.45) is 5.92 Å². The summed E-state index contributed by atoms with van der Waals surface area (Å²) in [4.78, 5) is 11.2. The van der Waals surface area contributed by atoms with Gasteiger partial charge < -0.3 is 4.74 Å². The third-order valence-corrected chi connectivity index (χ3v) is 2.01. The standard InChI is InChI=1S/C9H17BrO2/c1-5-7(2)6-12-8(11)9(3,4)10/h7H,5-6H2,1-4H3. The summed E-state index contributed by atoms with van der Waals surface area (Å²) in [5.74, 6) is 0.256. The van der Waals surface area contributed by atoms with Crippen LogP contribution in [0, 0.1) is 5.92 Å². The molecule has 0 aromatic rings. The topological polar surface area (TPSA) is 26.3 Å². The molecule has 0 aromatic heterocycles. The second-order valence-electron chi connectivity index (χ2n) is 3.58. The molecular weight excluding hydrogens is 220 g/mol. The Labute approximate surface area is 82.8 Å². The van der Waals surface area contributed by atoms with Crippen molar-refractivity contribution in [3.05, 3.63) is 0 Å². The Morgan fingerprint density at radius 3 is 2.42 bits per heavy atom. The van der Waals surface area contributed by atoms with Crippen LogP contribution in [0.5, 0.6) is 0 Å². The van der Waals surface area contributed by atoms with Crippen molar-refractivity contribution in [2.75, 3.05) is 6.61 Å². The van der Waals surface area contributed by atoms with Crippen molar-refractivity contribution < 1.29 is 9.53 Å². The van der Waals surface area contributed by atoms with Gasteiger partial charge in [0.15, 0.2) is 0 Å². The molecule has 1 unspecified atom stereocenters. The van der Waals surface area contributed by atoms with Crippen LogP contribution in [-0.2, 0) is 9.53 Å². The van der Waals surface area contributed by atoms with Gasteiger partial charge in [-0.3, -0.25) is 4.79 Å². The van der Waals surface area contributed by atoms with Crippen molar-refractivity contribution in [3.8, 4) is 0 Å².